The highest BCUT2D eigenvalue weighted by Crippen LogP contribution is 2.14. The van der Waals surface area contributed by atoms with Crippen molar-refractivity contribution < 1.29 is 4.79 Å². The van der Waals surface area contributed by atoms with Crippen LogP contribution in [0.1, 0.15) is 24.0 Å². The number of carbonyl (C=O) groups excluding carboxylic acids is 1. The molecule has 2 aromatic carbocycles. The van der Waals surface area contributed by atoms with Gasteiger partial charge in [0.25, 0.3) is 5.56 Å². The van der Waals surface area contributed by atoms with Crippen LogP contribution in [0.2, 0.25) is 0 Å². The third kappa shape index (κ3) is 6.23. The summed E-state index contributed by atoms with van der Waals surface area (Å²) >= 11 is 0. The Labute approximate surface area is 193 Å². The van der Waals surface area contributed by atoms with Gasteiger partial charge in [-0.15, -0.1) is 0 Å². The summed E-state index contributed by atoms with van der Waals surface area (Å²) in [6.45, 7) is 1.47. The van der Waals surface area contributed by atoms with Crippen LogP contribution in [-0.2, 0) is 24.4 Å². The van der Waals surface area contributed by atoms with Gasteiger partial charge in [-0.3, -0.25) is 14.6 Å². The number of amides is 1. The van der Waals surface area contributed by atoms with Crippen molar-refractivity contribution in [1.29, 1.82) is 0 Å². The van der Waals surface area contributed by atoms with Crippen LogP contribution in [0.15, 0.2) is 102 Å². The fraction of sp³-hybridized carbons (Fsp3) is 0.185. The molecule has 0 atom stereocenters. The number of hydrogen-bond donors (Lipinski definition) is 0. The molecule has 2 aromatic heterocycles. The van der Waals surface area contributed by atoms with Crippen LogP contribution in [0.25, 0.3) is 11.3 Å². The van der Waals surface area contributed by atoms with Crippen molar-refractivity contribution in [1.82, 2.24) is 19.7 Å². The van der Waals surface area contributed by atoms with E-state index < -0.39 is 0 Å². The van der Waals surface area contributed by atoms with E-state index in [1.807, 2.05) is 77.7 Å². The van der Waals surface area contributed by atoms with Gasteiger partial charge >= 0.3 is 0 Å². The lowest BCUT2D eigenvalue weighted by molar-refractivity contribution is -0.132. The molecule has 1 amide bonds. The summed E-state index contributed by atoms with van der Waals surface area (Å²) in [5, 5.41) is 4.47. The second-order valence-electron chi connectivity index (χ2n) is 7.84. The first kappa shape index (κ1) is 22.1. The van der Waals surface area contributed by atoms with Gasteiger partial charge in [0.2, 0.25) is 5.91 Å². The van der Waals surface area contributed by atoms with E-state index in [4.69, 9.17) is 0 Å². The number of carbonyl (C=O) groups is 1. The minimum absolute atomic E-state index is 0.0565. The first-order valence-corrected chi connectivity index (χ1v) is 11.0. The standard InChI is InChI=1S/C27H26N4O2/c32-26(30(20-22-8-3-1-4-9-22)21-23-10-5-2-6-11-23)12-7-19-31-27(33)14-13-25(29-31)24-15-17-28-18-16-24/h1-6,8-11,13-18H,7,12,19-21H2. The summed E-state index contributed by atoms with van der Waals surface area (Å²) in [5.74, 6) is 0.0565. The predicted octanol–water partition coefficient (Wildman–Crippen LogP) is 4.31. The quantitative estimate of drug-likeness (QED) is 0.390. The van der Waals surface area contributed by atoms with Crippen molar-refractivity contribution in [3.63, 3.8) is 0 Å². The van der Waals surface area contributed by atoms with Gasteiger partial charge in [0.1, 0.15) is 0 Å². The molecule has 4 aromatic rings. The fourth-order valence-electron chi connectivity index (χ4n) is 3.66. The first-order chi connectivity index (χ1) is 16.2. The highest BCUT2D eigenvalue weighted by molar-refractivity contribution is 5.76. The zero-order valence-electron chi connectivity index (χ0n) is 18.4. The molecule has 0 unspecified atom stereocenters. The summed E-state index contributed by atoms with van der Waals surface area (Å²) in [7, 11) is 0. The van der Waals surface area contributed by atoms with E-state index in [0.717, 1.165) is 16.7 Å². The van der Waals surface area contributed by atoms with E-state index in [9.17, 15) is 9.59 Å². The Morgan fingerprint density at radius 3 is 2.00 bits per heavy atom. The van der Waals surface area contributed by atoms with Crippen molar-refractivity contribution in [2.75, 3.05) is 0 Å². The smallest absolute Gasteiger partial charge is 0.266 e. The number of nitrogens with zero attached hydrogens (tertiary/aromatic N) is 4. The van der Waals surface area contributed by atoms with Crippen LogP contribution in [0.3, 0.4) is 0 Å². The topological polar surface area (TPSA) is 68.1 Å². The molecule has 0 bridgehead atoms. The molecule has 2 heterocycles. The molecule has 0 aliphatic rings. The number of aryl methyl sites for hydroxylation is 1. The molecule has 166 valence electrons. The van der Waals surface area contributed by atoms with Crippen molar-refractivity contribution in [2.24, 2.45) is 0 Å². The van der Waals surface area contributed by atoms with Crippen LogP contribution in [0.5, 0.6) is 0 Å². The SMILES string of the molecule is O=C(CCCn1nc(-c2ccncc2)ccc1=O)N(Cc1ccccc1)Cc1ccccc1. The number of aromatic nitrogens is 3. The van der Waals surface area contributed by atoms with Crippen LogP contribution in [0, 0.1) is 0 Å². The van der Waals surface area contributed by atoms with E-state index in [2.05, 4.69) is 10.1 Å². The largest absolute Gasteiger partial charge is 0.334 e. The number of pyridine rings is 1. The first-order valence-electron chi connectivity index (χ1n) is 11.0. The van der Waals surface area contributed by atoms with Crippen LogP contribution >= 0.6 is 0 Å². The number of hydrogen-bond acceptors (Lipinski definition) is 4. The molecule has 0 saturated heterocycles. The summed E-state index contributed by atoms with van der Waals surface area (Å²) in [6.07, 6.45) is 4.26. The Morgan fingerprint density at radius 2 is 1.39 bits per heavy atom. The summed E-state index contributed by atoms with van der Waals surface area (Å²) in [5.41, 5.74) is 3.60. The predicted molar refractivity (Wildman–Crippen MR) is 128 cm³/mol. The van der Waals surface area contributed by atoms with E-state index in [-0.39, 0.29) is 11.5 Å². The average Bonchev–Trinajstić information content (AvgIpc) is 2.86. The van der Waals surface area contributed by atoms with E-state index >= 15 is 0 Å². The lowest BCUT2D eigenvalue weighted by Crippen LogP contribution is -2.30. The molecule has 4 rings (SSSR count). The lowest BCUT2D eigenvalue weighted by Gasteiger charge is -2.23. The second-order valence-corrected chi connectivity index (χ2v) is 7.84. The molecule has 0 radical (unpaired) electrons. The molecule has 0 fully saturated rings. The maximum atomic E-state index is 13.1. The van der Waals surface area contributed by atoms with Gasteiger partial charge in [0, 0.05) is 50.1 Å². The maximum absolute atomic E-state index is 13.1. The average molecular weight is 439 g/mol. The summed E-state index contributed by atoms with van der Waals surface area (Å²) in [6, 6.07) is 26.9. The summed E-state index contributed by atoms with van der Waals surface area (Å²) < 4.78 is 1.43. The Balaban J connectivity index is 1.42. The third-order valence-corrected chi connectivity index (χ3v) is 5.39. The van der Waals surface area contributed by atoms with Gasteiger partial charge in [-0.2, -0.15) is 5.10 Å². The van der Waals surface area contributed by atoms with E-state index in [1.54, 1.807) is 18.5 Å². The van der Waals surface area contributed by atoms with Crippen molar-refractivity contribution in [2.45, 2.75) is 32.5 Å². The Morgan fingerprint density at radius 1 is 0.788 bits per heavy atom. The van der Waals surface area contributed by atoms with Crippen molar-refractivity contribution >= 4 is 5.91 Å². The number of benzene rings is 2. The highest BCUT2D eigenvalue weighted by atomic mass is 16.2. The monoisotopic (exact) mass is 438 g/mol. The molecular formula is C27H26N4O2. The highest BCUT2D eigenvalue weighted by Gasteiger charge is 2.15. The fourth-order valence-corrected chi connectivity index (χ4v) is 3.66. The molecule has 0 N–H and O–H groups in total. The minimum Gasteiger partial charge on any atom is -0.334 e. The van der Waals surface area contributed by atoms with Gasteiger partial charge in [-0.05, 0) is 35.7 Å². The molecule has 33 heavy (non-hydrogen) atoms. The molecule has 6 nitrogen and oxygen atoms in total. The molecule has 0 spiro atoms. The van der Waals surface area contributed by atoms with Gasteiger partial charge < -0.3 is 4.90 Å². The van der Waals surface area contributed by atoms with E-state index in [0.29, 0.717) is 38.2 Å². The minimum atomic E-state index is -0.175. The van der Waals surface area contributed by atoms with Gasteiger partial charge in [0.15, 0.2) is 0 Å². The van der Waals surface area contributed by atoms with Crippen molar-refractivity contribution in [3.05, 3.63) is 119 Å². The zero-order chi connectivity index (χ0) is 22.9. The van der Waals surface area contributed by atoms with Gasteiger partial charge in [-0.1, -0.05) is 60.7 Å². The normalized spacial score (nSPS) is 10.7. The Hall–Kier alpha value is -4.06. The van der Waals surface area contributed by atoms with Gasteiger partial charge in [0.05, 0.1) is 5.69 Å². The van der Waals surface area contributed by atoms with Crippen LogP contribution in [-0.4, -0.2) is 25.6 Å². The summed E-state index contributed by atoms with van der Waals surface area (Å²) in [4.78, 5) is 31.3. The zero-order valence-corrected chi connectivity index (χ0v) is 18.4. The Kier molecular flexibility index (Phi) is 7.38. The number of rotatable bonds is 9. The molecule has 6 heteroatoms. The maximum Gasteiger partial charge on any atom is 0.266 e. The Bertz CT molecular complexity index is 1180. The van der Waals surface area contributed by atoms with Crippen LogP contribution < -0.4 is 5.56 Å². The second kappa shape index (κ2) is 11.0. The third-order valence-electron chi connectivity index (χ3n) is 5.39. The molecule has 0 saturated carbocycles. The van der Waals surface area contributed by atoms with Gasteiger partial charge in [-0.25, -0.2) is 4.68 Å². The molecule has 0 aliphatic carbocycles. The van der Waals surface area contributed by atoms with Crippen molar-refractivity contribution in [3.8, 4) is 11.3 Å². The molecular weight excluding hydrogens is 412 g/mol. The van der Waals surface area contributed by atoms with Crippen LogP contribution in [0.4, 0.5) is 0 Å². The molecule has 0 aliphatic heterocycles. The van der Waals surface area contributed by atoms with E-state index in [1.165, 1.54) is 10.7 Å². The lowest BCUT2D eigenvalue weighted by atomic mass is 10.1.